The van der Waals surface area contributed by atoms with Gasteiger partial charge in [0.25, 0.3) is 0 Å². The molecule has 0 spiro atoms. The van der Waals surface area contributed by atoms with E-state index in [4.69, 9.17) is 4.74 Å². The molecular formula is C25H34N4O4S. The quantitative estimate of drug-likeness (QED) is 0.643. The van der Waals surface area contributed by atoms with Crippen LogP contribution in [-0.4, -0.2) is 55.8 Å². The first-order valence-corrected chi connectivity index (χ1v) is 13.5. The molecule has 184 valence electrons. The maximum absolute atomic E-state index is 12.7. The van der Waals surface area contributed by atoms with Crippen molar-refractivity contribution in [2.75, 3.05) is 25.5 Å². The molecule has 0 radical (unpaired) electrons. The molecule has 0 unspecified atom stereocenters. The number of piperidine rings is 1. The zero-order valence-electron chi connectivity index (χ0n) is 20.3. The van der Waals surface area contributed by atoms with Crippen LogP contribution in [0.15, 0.2) is 24.4 Å². The predicted octanol–water partition coefficient (Wildman–Crippen LogP) is 3.88. The third kappa shape index (κ3) is 5.36. The van der Waals surface area contributed by atoms with Gasteiger partial charge in [-0.3, -0.25) is 0 Å². The molecule has 2 heterocycles. The summed E-state index contributed by atoms with van der Waals surface area (Å²) in [6.07, 6.45) is 6.54. The van der Waals surface area contributed by atoms with E-state index >= 15 is 0 Å². The predicted molar refractivity (Wildman–Crippen MR) is 134 cm³/mol. The Morgan fingerprint density at radius 2 is 1.94 bits per heavy atom. The highest BCUT2D eigenvalue weighted by Crippen LogP contribution is 2.40. The van der Waals surface area contributed by atoms with Crippen LogP contribution in [0.1, 0.15) is 49.8 Å². The Labute approximate surface area is 202 Å². The summed E-state index contributed by atoms with van der Waals surface area (Å²) in [5.74, 6) is 0.560. The number of ether oxygens (including phenoxy) is 1. The van der Waals surface area contributed by atoms with Crippen molar-refractivity contribution in [1.29, 1.82) is 0 Å². The minimum absolute atomic E-state index is 0.129. The number of urea groups is 1. The first kappa shape index (κ1) is 24.5. The molecule has 1 saturated heterocycles. The highest BCUT2D eigenvalue weighted by molar-refractivity contribution is 7.90. The summed E-state index contributed by atoms with van der Waals surface area (Å²) >= 11 is 0. The van der Waals surface area contributed by atoms with E-state index in [9.17, 15) is 13.2 Å². The lowest BCUT2D eigenvalue weighted by Crippen LogP contribution is -2.38. The average molecular weight is 487 g/mol. The second-order valence-electron chi connectivity index (χ2n) is 9.59. The van der Waals surface area contributed by atoms with Crippen LogP contribution in [-0.2, 0) is 22.9 Å². The molecule has 0 bridgehead atoms. The second-order valence-corrected chi connectivity index (χ2v) is 11.8. The number of aryl methyl sites for hydroxylation is 2. The lowest BCUT2D eigenvalue weighted by atomic mass is 9.93. The highest BCUT2D eigenvalue weighted by atomic mass is 32.2. The number of nitrogens with zero attached hydrogens (tertiary/aromatic N) is 2. The van der Waals surface area contributed by atoms with Crippen molar-refractivity contribution in [1.82, 2.24) is 14.6 Å². The van der Waals surface area contributed by atoms with Gasteiger partial charge in [0.1, 0.15) is 6.10 Å². The number of hydrogen-bond acceptors (Lipinski definition) is 6. The number of pyridine rings is 1. The van der Waals surface area contributed by atoms with E-state index in [1.165, 1.54) is 19.4 Å². The Morgan fingerprint density at radius 1 is 1.21 bits per heavy atom. The summed E-state index contributed by atoms with van der Waals surface area (Å²) in [5.41, 5.74) is 5.69. The third-order valence-electron chi connectivity index (χ3n) is 6.67. The van der Waals surface area contributed by atoms with Crippen LogP contribution in [0.2, 0.25) is 0 Å². The lowest BCUT2D eigenvalue weighted by molar-refractivity contribution is 0.110. The minimum Gasteiger partial charge on any atom is -0.474 e. The molecule has 2 aromatic rings. The van der Waals surface area contributed by atoms with E-state index in [2.05, 4.69) is 33.0 Å². The van der Waals surface area contributed by atoms with Gasteiger partial charge in [0, 0.05) is 30.9 Å². The van der Waals surface area contributed by atoms with Gasteiger partial charge < -0.3 is 15.0 Å². The summed E-state index contributed by atoms with van der Waals surface area (Å²) < 4.78 is 32.8. The number of nitrogens with one attached hydrogen (secondary N) is 2. The Morgan fingerprint density at radius 3 is 2.65 bits per heavy atom. The number of carbonyl (C=O) groups is 1. The minimum atomic E-state index is -3.74. The van der Waals surface area contributed by atoms with E-state index in [0.717, 1.165) is 67.4 Å². The molecule has 1 aliphatic heterocycles. The Bertz CT molecular complexity index is 1170. The number of anilines is 1. The topological polar surface area (TPSA) is 101 Å². The summed E-state index contributed by atoms with van der Waals surface area (Å²) in [5, 5.41) is 2.16. The number of fused-ring (bicyclic) bond motifs is 1. The molecule has 1 fully saturated rings. The van der Waals surface area contributed by atoms with Crippen molar-refractivity contribution in [3.8, 4) is 17.0 Å². The van der Waals surface area contributed by atoms with Gasteiger partial charge in [-0.15, -0.1) is 0 Å². The molecule has 4 rings (SSSR count). The number of hydrogen-bond donors (Lipinski definition) is 2. The van der Waals surface area contributed by atoms with Gasteiger partial charge in [-0.05, 0) is 88.2 Å². The van der Waals surface area contributed by atoms with Crippen molar-refractivity contribution in [3.05, 3.63) is 41.1 Å². The highest BCUT2D eigenvalue weighted by Gasteiger charge is 2.25. The molecule has 1 aliphatic carbocycles. The van der Waals surface area contributed by atoms with Gasteiger partial charge in [-0.1, -0.05) is 6.07 Å². The van der Waals surface area contributed by atoms with Gasteiger partial charge in [0.15, 0.2) is 0 Å². The molecule has 8 nitrogen and oxygen atoms in total. The van der Waals surface area contributed by atoms with Crippen molar-refractivity contribution < 1.29 is 17.9 Å². The van der Waals surface area contributed by atoms with Gasteiger partial charge >= 0.3 is 6.03 Å². The smallest absolute Gasteiger partial charge is 0.332 e. The van der Waals surface area contributed by atoms with Gasteiger partial charge in [-0.2, -0.15) is 0 Å². The molecular weight excluding hydrogens is 452 g/mol. The third-order valence-corrected chi connectivity index (χ3v) is 8.38. The van der Waals surface area contributed by atoms with E-state index in [0.29, 0.717) is 11.6 Å². The number of rotatable bonds is 6. The number of likely N-dealkylation sites (tertiary alicyclic amines) is 1. The first-order valence-electron chi connectivity index (χ1n) is 11.9. The molecule has 9 heteroatoms. The lowest BCUT2D eigenvalue weighted by Gasteiger charge is -2.29. The number of sulfonamides is 1. The SMILES string of the molecule is Cc1cc2c(c(NC(=O)NS(=O)(=O)C(C)C)c1-c1ccnc(OC3CCN(C)CC3)c1)CCC2. The van der Waals surface area contributed by atoms with Crippen LogP contribution < -0.4 is 14.8 Å². The summed E-state index contributed by atoms with van der Waals surface area (Å²) in [6, 6.07) is 5.24. The van der Waals surface area contributed by atoms with Crippen molar-refractivity contribution in [2.24, 2.45) is 0 Å². The van der Waals surface area contributed by atoms with E-state index in [1.807, 2.05) is 19.1 Å². The van der Waals surface area contributed by atoms with Crippen LogP contribution in [0.4, 0.5) is 10.5 Å². The molecule has 0 saturated carbocycles. The molecule has 34 heavy (non-hydrogen) atoms. The fourth-order valence-electron chi connectivity index (χ4n) is 4.69. The van der Waals surface area contributed by atoms with Crippen LogP contribution >= 0.6 is 0 Å². The molecule has 0 atom stereocenters. The second kappa shape index (κ2) is 9.92. The van der Waals surface area contributed by atoms with E-state index in [-0.39, 0.29) is 6.10 Å². The molecule has 1 aromatic heterocycles. The van der Waals surface area contributed by atoms with E-state index in [1.54, 1.807) is 6.20 Å². The van der Waals surface area contributed by atoms with Gasteiger partial charge in [0.2, 0.25) is 15.9 Å². The zero-order valence-corrected chi connectivity index (χ0v) is 21.2. The number of amides is 2. The van der Waals surface area contributed by atoms with Gasteiger partial charge in [0.05, 0.1) is 10.9 Å². The average Bonchev–Trinajstić information content (AvgIpc) is 3.23. The first-order chi connectivity index (χ1) is 16.1. The van der Waals surface area contributed by atoms with E-state index < -0.39 is 21.3 Å². The number of aromatic nitrogens is 1. The maximum atomic E-state index is 12.7. The monoisotopic (exact) mass is 486 g/mol. The zero-order chi connectivity index (χ0) is 24.5. The number of benzene rings is 1. The summed E-state index contributed by atoms with van der Waals surface area (Å²) in [7, 11) is -1.63. The largest absolute Gasteiger partial charge is 0.474 e. The maximum Gasteiger partial charge on any atom is 0.332 e. The van der Waals surface area contributed by atoms with Crippen molar-refractivity contribution in [2.45, 2.75) is 64.2 Å². The van der Waals surface area contributed by atoms with Crippen LogP contribution in [0.25, 0.3) is 11.1 Å². The fourth-order valence-corrected chi connectivity index (χ4v) is 5.24. The Balaban J connectivity index is 1.66. The van der Waals surface area contributed by atoms with Crippen LogP contribution in [0, 0.1) is 6.92 Å². The summed E-state index contributed by atoms with van der Waals surface area (Å²) in [4.78, 5) is 19.5. The fraction of sp³-hybridized carbons (Fsp3) is 0.520. The van der Waals surface area contributed by atoms with Crippen LogP contribution in [0.3, 0.4) is 0 Å². The number of carbonyl (C=O) groups excluding carboxylic acids is 1. The van der Waals surface area contributed by atoms with Gasteiger partial charge in [-0.25, -0.2) is 22.9 Å². The standard InChI is InChI=1S/C25H34N4O4S/c1-16(2)34(31,32)28-25(30)27-24-21-7-5-6-18(21)14-17(3)23(24)19-8-11-26-22(15-19)33-20-9-12-29(4)13-10-20/h8,11,14-16,20H,5-7,9-10,12-13H2,1-4H3,(H2,27,28,30). The molecule has 2 N–H and O–H groups in total. The van der Waals surface area contributed by atoms with Crippen LogP contribution in [0.5, 0.6) is 5.88 Å². The van der Waals surface area contributed by atoms with Crippen molar-refractivity contribution >= 4 is 21.7 Å². The molecule has 1 aromatic carbocycles. The normalized spacial score (nSPS) is 17.0. The molecule has 2 amide bonds. The van der Waals surface area contributed by atoms with Crippen molar-refractivity contribution in [3.63, 3.8) is 0 Å². The Kier molecular flexibility index (Phi) is 7.14. The molecule has 2 aliphatic rings. The Hall–Kier alpha value is -2.65. The summed E-state index contributed by atoms with van der Waals surface area (Å²) in [6.45, 7) is 7.08.